The van der Waals surface area contributed by atoms with Crippen molar-refractivity contribution in [1.82, 2.24) is 5.32 Å². The molecule has 0 aliphatic carbocycles. The van der Waals surface area contributed by atoms with Crippen molar-refractivity contribution in [3.05, 3.63) is 24.4 Å². The van der Waals surface area contributed by atoms with Crippen LogP contribution in [0.25, 0.3) is 0 Å². The average Bonchev–Trinajstić information content (AvgIpc) is 1.88. The number of thiol groups is 1. The van der Waals surface area contributed by atoms with Gasteiger partial charge in [-0.1, -0.05) is 22.1 Å². The van der Waals surface area contributed by atoms with Gasteiger partial charge in [0.15, 0.2) is 0 Å². The van der Waals surface area contributed by atoms with Crippen LogP contribution in [0.5, 0.6) is 0 Å². The molecule has 1 heterocycles. The van der Waals surface area contributed by atoms with Crippen LogP contribution in [0.2, 0.25) is 0 Å². The molecule has 1 aliphatic rings. The number of hydrogen-bond acceptors (Lipinski definition) is 2. The second-order valence-electron chi connectivity index (χ2n) is 2.79. The molecule has 1 aliphatic heterocycles. The first kappa shape index (κ1) is 7.54. The molecule has 58 valence electrons. The highest BCUT2D eigenvalue weighted by Crippen LogP contribution is 2.06. The van der Waals surface area contributed by atoms with Crippen molar-refractivity contribution in [2.24, 2.45) is 0 Å². The van der Waals surface area contributed by atoms with Gasteiger partial charge in [0, 0.05) is 0 Å². The summed E-state index contributed by atoms with van der Waals surface area (Å²) in [7, 11) is -1.99. The van der Waals surface area contributed by atoms with Crippen LogP contribution in [0.15, 0.2) is 24.4 Å². The Balaban J connectivity index is 2.69. The minimum Gasteiger partial charge on any atom is -0.376 e. The topological polar surface area (TPSA) is 29.1 Å². The summed E-state index contributed by atoms with van der Waals surface area (Å²) in [5.74, 6) is 0. The molecule has 1 rings (SSSR count). The van der Waals surface area contributed by atoms with Crippen LogP contribution in [0.3, 0.4) is 0 Å². The predicted octanol–water partition coefficient (Wildman–Crippen LogP) is 0.262. The summed E-state index contributed by atoms with van der Waals surface area (Å²) in [6, 6.07) is 0. The van der Waals surface area contributed by atoms with Crippen molar-refractivity contribution in [3.63, 3.8) is 0 Å². The zero-order chi connectivity index (χ0) is 7.61. The maximum absolute atomic E-state index is 11.4. The van der Waals surface area contributed by atoms with E-state index in [1.165, 1.54) is 0 Å². The molecule has 0 saturated heterocycles. The standard InChI is InChI=1S/C7H13NOS/c1-10(2,9)7-5-3-4-6-8-7/h3-8,10H,1-2H3. The molecular weight excluding hydrogens is 146 g/mol. The maximum atomic E-state index is 11.4. The zero-order valence-electron chi connectivity index (χ0n) is 6.24. The Labute approximate surface area is 62.4 Å². The number of nitrogens with one attached hydrogen (secondary N) is 1. The Morgan fingerprint density at radius 3 is 2.40 bits per heavy atom. The highest BCUT2D eigenvalue weighted by atomic mass is 32.2. The minimum atomic E-state index is -1.99. The van der Waals surface area contributed by atoms with Gasteiger partial charge in [-0.3, -0.25) is 4.21 Å². The fourth-order valence-electron chi connectivity index (χ4n) is 0.821. The minimum absolute atomic E-state index is 0.0394. The molecule has 0 spiro atoms. The second kappa shape index (κ2) is 2.58. The molecule has 1 N–H and O–H groups in total. The molecule has 0 bridgehead atoms. The molecule has 0 amide bonds. The van der Waals surface area contributed by atoms with Gasteiger partial charge in [0.25, 0.3) is 0 Å². The first-order valence-corrected chi connectivity index (χ1v) is 5.92. The van der Waals surface area contributed by atoms with Gasteiger partial charge in [0.1, 0.15) is 0 Å². The summed E-state index contributed by atoms with van der Waals surface area (Å²) in [6.45, 7) is 0. The normalized spacial score (nSPS) is 26.0. The Kier molecular flexibility index (Phi) is 1.94. The number of rotatable bonds is 1. The predicted molar refractivity (Wildman–Crippen MR) is 46.6 cm³/mol. The lowest BCUT2D eigenvalue weighted by Gasteiger charge is -2.23. The Bertz CT molecular complexity index is 214. The Hall–Kier alpha value is -0.570. The molecule has 0 saturated carbocycles. The third-order valence-corrected chi connectivity index (χ3v) is 3.10. The molecule has 0 fully saturated rings. The highest BCUT2D eigenvalue weighted by molar-refractivity contribution is 8.02. The number of dihydropyridines is 1. The monoisotopic (exact) mass is 159 g/mol. The highest BCUT2D eigenvalue weighted by Gasteiger charge is 2.13. The lowest BCUT2D eigenvalue weighted by molar-refractivity contribution is 0.666. The van der Waals surface area contributed by atoms with Crippen LogP contribution >= 0.6 is 0 Å². The van der Waals surface area contributed by atoms with Crippen molar-refractivity contribution in [2.75, 3.05) is 12.5 Å². The summed E-state index contributed by atoms with van der Waals surface area (Å²) in [5.41, 5.74) is 0. The van der Waals surface area contributed by atoms with E-state index in [1.807, 2.05) is 24.4 Å². The molecule has 3 heteroatoms. The van der Waals surface area contributed by atoms with Gasteiger partial charge in [-0.15, -0.1) is 0 Å². The average molecular weight is 159 g/mol. The third-order valence-electron chi connectivity index (χ3n) is 1.44. The lowest BCUT2D eigenvalue weighted by atomic mass is 10.4. The molecule has 2 nitrogen and oxygen atoms in total. The van der Waals surface area contributed by atoms with E-state index in [0.717, 1.165) is 0 Å². The van der Waals surface area contributed by atoms with Crippen LogP contribution in [0.1, 0.15) is 0 Å². The molecule has 0 radical (unpaired) electrons. The van der Waals surface area contributed by atoms with Crippen LogP contribution in [0, 0.1) is 0 Å². The van der Waals surface area contributed by atoms with Crippen molar-refractivity contribution in [1.29, 1.82) is 0 Å². The zero-order valence-corrected chi connectivity index (χ0v) is 7.14. The van der Waals surface area contributed by atoms with E-state index >= 15 is 0 Å². The summed E-state index contributed by atoms with van der Waals surface area (Å²) < 4.78 is 11.4. The van der Waals surface area contributed by atoms with Crippen LogP contribution < -0.4 is 5.32 Å². The van der Waals surface area contributed by atoms with Gasteiger partial charge in [0.05, 0.1) is 5.37 Å². The first-order valence-electron chi connectivity index (χ1n) is 3.25. The van der Waals surface area contributed by atoms with Gasteiger partial charge in [-0.25, -0.2) is 0 Å². The maximum Gasteiger partial charge on any atom is 0.0979 e. The largest absolute Gasteiger partial charge is 0.376 e. The molecule has 0 aromatic heterocycles. The van der Waals surface area contributed by atoms with Gasteiger partial charge in [-0.2, -0.15) is 0 Å². The quantitative estimate of drug-likeness (QED) is 0.537. The smallest absolute Gasteiger partial charge is 0.0979 e. The summed E-state index contributed by atoms with van der Waals surface area (Å²) in [4.78, 5) is 0. The molecular formula is C7H13NOS. The van der Waals surface area contributed by atoms with Gasteiger partial charge in [0.2, 0.25) is 0 Å². The summed E-state index contributed by atoms with van der Waals surface area (Å²) in [5, 5.41) is 3.07. The van der Waals surface area contributed by atoms with E-state index in [2.05, 4.69) is 5.32 Å². The van der Waals surface area contributed by atoms with Gasteiger partial charge < -0.3 is 5.32 Å². The molecule has 1 unspecified atom stereocenters. The lowest BCUT2D eigenvalue weighted by Crippen LogP contribution is -2.35. The first-order chi connectivity index (χ1) is 4.61. The fourth-order valence-corrected chi connectivity index (χ4v) is 1.78. The van der Waals surface area contributed by atoms with Crippen LogP contribution in [0.4, 0.5) is 0 Å². The van der Waals surface area contributed by atoms with Crippen molar-refractivity contribution < 1.29 is 4.21 Å². The Morgan fingerprint density at radius 2 is 2.10 bits per heavy atom. The van der Waals surface area contributed by atoms with Gasteiger partial charge >= 0.3 is 0 Å². The van der Waals surface area contributed by atoms with E-state index in [0.29, 0.717) is 0 Å². The SMILES string of the molecule is C[SH](C)(=O)C1C=CC=CN1. The van der Waals surface area contributed by atoms with E-state index in [-0.39, 0.29) is 5.37 Å². The van der Waals surface area contributed by atoms with Crippen molar-refractivity contribution in [3.8, 4) is 0 Å². The van der Waals surface area contributed by atoms with Gasteiger partial charge in [-0.05, 0) is 24.8 Å². The fraction of sp³-hybridized carbons (Fsp3) is 0.429. The van der Waals surface area contributed by atoms with Crippen LogP contribution in [-0.2, 0) is 9.93 Å². The van der Waals surface area contributed by atoms with E-state index in [1.54, 1.807) is 12.5 Å². The number of allylic oxidation sites excluding steroid dienone is 2. The molecule has 1 atom stereocenters. The van der Waals surface area contributed by atoms with Crippen LogP contribution in [-0.4, -0.2) is 22.1 Å². The van der Waals surface area contributed by atoms with E-state index in [9.17, 15) is 4.21 Å². The molecule has 0 aromatic rings. The molecule has 10 heavy (non-hydrogen) atoms. The van der Waals surface area contributed by atoms with E-state index < -0.39 is 9.93 Å². The summed E-state index contributed by atoms with van der Waals surface area (Å²) >= 11 is 0. The van der Waals surface area contributed by atoms with E-state index in [4.69, 9.17) is 0 Å². The Morgan fingerprint density at radius 1 is 1.40 bits per heavy atom. The second-order valence-corrected chi connectivity index (χ2v) is 6.21. The third kappa shape index (κ3) is 1.70. The van der Waals surface area contributed by atoms with Crippen molar-refractivity contribution in [2.45, 2.75) is 5.37 Å². The molecule has 0 aromatic carbocycles. The number of hydrogen-bond donors (Lipinski definition) is 2. The van der Waals surface area contributed by atoms with Crippen molar-refractivity contribution >= 4 is 9.93 Å². The summed E-state index contributed by atoms with van der Waals surface area (Å²) in [6.07, 6.45) is 11.1.